The smallest absolute Gasteiger partial charge is 0.264 e. The molecule has 0 aliphatic heterocycles. The van der Waals surface area contributed by atoms with Gasteiger partial charge in [-0.2, -0.15) is 0 Å². The van der Waals surface area contributed by atoms with E-state index in [9.17, 15) is 18.0 Å². The van der Waals surface area contributed by atoms with Gasteiger partial charge in [-0.1, -0.05) is 30.9 Å². The Morgan fingerprint density at radius 3 is 2.30 bits per heavy atom. The van der Waals surface area contributed by atoms with Crippen LogP contribution in [0, 0.1) is 0 Å². The van der Waals surface area contributed by atoms with Crippen molar-refractivity contribution in [3.8, 4) is 11.4 Å². The van der Waals surface area contributed by atoms with Crippen molar-refractivity contribution in [2.24, 2.45) is 0 Å². The molecule has 0 saturated heterocycles. The number of hydrogen-bond donors (Lipinski definition) is 3. The van der Waals surface area contributed by atoms with Crippen molar-refractivity contribution in [3.05, 3.63) is 75.7 Å². The lowest BCUT2D eigenvalue weighted by Gasteiger charge is -2.22. The molecule has 33 heavy (non-hydrogen) atoms. The van der Waals surface area contributed by atoms with E-state index in [4.69, 9.17) is 11.6 Å². The summed E-state index contributed by atoms with van der Waals surface area (Å²) < 4.78 is 28.0. The second-order valence-corrected chi connectivity index (χ2v) is 10.1. The van der Waals surface area contributed by atoms with E-state index in [0.29, 0.717) is 22.1 Å². The number of carbonyl (C=O) groups excluding carboxylic acids is 1. The Morgan fingerprint density at radius 2 is 1.67 bits per heavy atom. The molecule has 1 aliphatic carbocycles. The first kappa shape index (κ1) is 23.2. The average Bonchev–Trinajstić information content (AvgIpc) is 2.80. The molecule has 0 bridgehead atoms. The molecule has 0 unspecified atom stereocenters. The lowest BCUT2D eigenvalue weighted by Crippen LogP contribution is -2.36. The summed E-state index contributed by atoms with van der Waals surface area (Å²) in [7, 11) is -3.63. The zero-order valence-corrected chi connectivity index (χ0v) is 19.2. The molecule has 1 heterocycles. The number of nitrogens with one attached hydrogen (secondary N) is 3. The van der Waals surface area contributed by atoms with E-state index in [2.05, 4.69) is 20.0 Å². The number of hydrogen-bond acceptors (Lipinski definition) is 5. The molecular formula is C23H23ClN4O4S. The quantitative estimate of drug-likeness (QED) is 0.487. The molecule has 0 radical (unpaired) electrons. The minimum Gasteiger partial charge on any atom is -0.322 e. The SMILES string of the molecule is O=C(Nc1ccc(S(=O)(=O)NC2CCCCC2)cc1)c1cnc(-c2ccc(Cl)cc2)[nH]c1=O. The largest absolute Gasteiger partial charge is 0.322 e. The number of aromatic nitrogens is 2. The molecule has 1 saturated carbocycles. The lowest BCUT2D eigenvalue weighted by molar-refractivity contribution is 0.102. The van der Waals surface area contributed by atoms with Crippen LogP contribution in [-0.2, 0) is 10.0 Å². The third-order valence-corrected chi connectivity index (χ3v) is 7.30. The first-order chi connectivity index (χ1) is 15.8. The maximum atomic E-state index is 12.6. The van der Waals surface area contributed by atoms with Crippen LogP contribution in [0.4, 0.5) is 5.69 Å². The first-order valence-corrected chi connectivity index (χ1v) is 12.5. The topological polar surface area (TPSA) is 121 Å². The first-order valence-electron chi connectivity index (χ1n) is 10.6. The summed E-state index contributed by atoms with van der Waals surface area (Å²) >= 11 is 5.87. The fraction of sp³-hybridized carbons (Fsp3) is 0.261. The van der Waals surface area contributed by atoms with E-state index < -0.39 is 21.5 Å². The summed E-state index contributed by atoms with van der Waals surface area (Å²) in [5, 5.41) is 3.15. The summed E-state index contributed by atoms with van der Waals surface area (Å²) in [5.41, 5.74) is 0.256. The number of anilines is 1. The van der Waals surface area contributed by atoms with Crippen molar-refractivity contribution in [1.29, 1.82) is 0 Å². The van der Waals surface area contributed by atoms with Gasteiger partial charge < -0.3 is 10.3 Å². The van der Waals surface area contributed by atoms with Crippen molar-refractivity contribution in [1.82, 2.24) is 14.7 Å². The van der Waals surface area contributed by atoms with Gasteiger partial charge in [0.25, 0.3) is 11.5 Å². The van der Waals surface area contributed by atoms with Gasteiger partial charge in [-0.3, -0.25) is 9.59 Å². The van der Waals surface area contributed by atoms with Crippen molar-refractivity contribution >= 4 is 33.2 Å². The van der Waals surface area contributed by atoms with Crippen LogP contribution in [0.5, 0.6) is 0 Å². The predicted molar refractivity (Wildman–Crippen MR) is 127 cm³/mol. The Kier molecular flexibility index (Phi) is 6.92. The Hall–Kier alpha value is -3.01. The standard InChI is InChI=1S/C23H23ClN4O4S/c24-16-8-6-15(7-9-16)21-25-14-20(23(30)27-21)22(29)26-17-10-12-19(13-11-17)33(31,32)28-18-4-2-1-3-5-18/h6-14,18,28H,1-5H2,(H,26,29)(H,25,27,30). The van der Waals surface area contributed by atoms with Crippen LogP contribution in [0.15, 0.2) is 64.4 Å². The van der Waals surface area contributed by atoms with Gasteiger partial charge in [0.2, 0.25) is 10.0 Å². The molecule has 1 fully saturated rings. The maximum Gasteiger partial charge on any atom is 0.264 e. The van der Waals surface area contributed by atoms with Crippen LogP contribution < -0.4 is 15.6 Å². The molecule has 1 aromatic heterocycles. The molecule has 4 rings (SSSR count). The molecule has 0 spiro atoms. The Morgan fingerprint density at radius 1 is 1.00 bits per heavy atom. The van der Waals surface area contributed by atoms with Gasteiger partial charge in [0.15, 0.2) is 0 Å². The predicted octanol–water partition coefficient (Wildman–Crippen LogP) is 3.95. The number of rotatable bonds is 6. The zero-order valence-electron chi connectivity index (χ0n) is 17.7. The van der Waals surface area contributed by atoms with E-state index >= 15 is 0 Å². The number of halogens is 1. The second-order valence-electron chi connectivity index (χ2n) is 7.92. The highest BCUT2D eigenvalue weighted by molar-refractivity contribution is 7.89. The summed E-state index contributed by atoms with van der Waals surface area (Å²) in [4.78, 5) is 31.8. The Balaban J connectivity index is 1.44. The Bertz CT molecular complexity index is 1300. The van der Waals surface area contributed by atoms with E-state index in [-0.39, 0.29) is 16.5 Å². The fourth-order valence-electron chi connectivity index (χ4n) is 3.73. The fourth-order valence-corrected chi connectivity index (χ4v) is 5.17. The van der Waals surface area contributed by atoms with Crippen molar-refractivity contribution < 1.29 is 13.2 Å². The molecular weight excluding hydrogens is 464 g/mol. The third kappa shape index (κ3) is 5.68. The summed E-state index contributed by atoms with van der Waals surface area (Å²) in [6, 6.07) is 12.5. The minimum absolute atomic E-state index is 0.0433. The number of aromatic amines is 1. The highest BCUT2D eigenvalue weighted by Gasteiger charge is 2.22. The zero-order chi connectivity index (χ0) is 23.4. The lowest BCUT2D eigenvalue weighted by atomic mass is 9.96. The van der Waals surface area contributed by atoms with E-state index in [1.807, 2.05) is 0 Å². The molecule has 1 aliphatic rings. The molecule has 3 aromatic rings. The van der Waals surface area contributed by atoms with Gasteiger partial charge >= 0.3 is 0 Å². The van der Waals surface area contributed by atoms with Gasteiger partial charge in [-0.05, 0) is 61.4 Å². The number of amides is 1. The van der Waals surface area contributed by atoms with E-state index in [1.165, 1.54) is 30.5 Å². The van der Waals surface area contributed by atoms with Gasteiger partial charge in [0, 0.05) is 28.5 Å². The molecule has 2 aromatic carbocycles. The highest BCUT2D eigenvalue weighted by atomic mass is 35.5. The molecule has 172 valence electrons. The summed E-state index contributed by atoms with van der Waals surface area (Å²) in [6.45, 7) is 0. The summed E-state index contributed by atoms with van der Waals surface area (Å²) in [6.07, 6.45) is 6.05. The van der Waals surface area contributed by atoms with Crippen LogP contribution >= 0.6 is 11.6 Å². The van der Waals surface area contributed by atoms with Crippen molar-refractivity contribution in [2.45, 2.75) is 43.0 Å². The number of H-pyrrole nitrogens is 1. The molecule has 1 amide bonds. The Labute approximate surface area is 196 Å². The van der Waals surface area contributed by atoms with Gasteiger partial charge in [-0.25, -0.2) is 18.1 Å². The average molecular weight is 487 g/mol. The van der Waals surface area contributed by atoms with Gasteiger partial charge in [0.05, 0.1) is 4.90 Å². The van der Waals surface area contributed by atoms with E-state index in [1.54, 1.807) is 24.3 Å². The second kappa shape index (κ2) is 9.86. The van der Waals surface area contributed by atoms with Crippen LogP contribution in [-0.4, -0.2) is 30.3 Å². The highest BCUT2D eigenvalue weighted by Crippen LogP contribution is 2.21. The van der Waals surface area contributed by atoms with Crippen LogP contribution in [0.1, 0.15) is 42.5 Å². The number of nitrogens with zero attached hydrogens (tertiary/aromatic N) is 1. The van der Waals surface area contributed by atoms with E-state index in [0.717, 1.165) is 32.1 Å². The van der Waals surface area contributed by atoms with Crippen LogP contribution in [0.25, 0.3) is 11.4 Å². The molecule has 10 heteroatoms. The number of benzene rings is 2. The normalized spacial score (nSPS) is 14.7. The third-order valence-electron chi connectivity index (χ3n) is 5.51. The monoisotopic (exact) mass is 486 g/mol. The number of sulfonamides is 1. The van der Waals surface area contributed by atoms with Gasteiger partial charge in [-0.15, -0.1) is 0 Å². The van der Waals surface area contributed by atoms with Crippen molar-refractivity contribution in [3.63, 3.8) is 0 Å². The minimum atomic E-state index is -3.63. The van der Waals surface area contributed by atoms with Crippen LogP contribution in [0.3, 0.4) is 0 Å². The number of carbonyl (C=O) groups is 1. The molecule has 0 atom stereocenters. The summed E-state index contributed by atoms with van der Waals surface area (Å²) in [5.74, 6) is -0.337. The molecule has 3 N–H and O–H groups in total. The van der Waals surface area contributed by atoms with Gasteiger partial charge in [0.1, 0.15) is 11.4 Å². The van der Waals surface area contributed by atoms with Crippen LogP contribution in [0.2, 0.25) is 5.02 Å². The maximum absolute atomic E-state index is 12.6. The van der Waals surface area contributed by atoms with Crippen molar-refractivity contribution in [2.75, 3.05) is 5.32 Å². The molecule has 8 nitrogen and oxygen atoms in total.